The minimum absolute atomic E-state index is 0.00512. The second-order valence-electron chi connectivity index (χ2n) is 6.81. The standard InChI is InChI=1S/C19H28N2O3/c1-20-19(22)17-11-16-12-21(8-7-18(16)24-14-17)9-10-23-13-15-5-3-2-4-6-15/h2-6,16-18H,7-14H2,1H3,(H,20,22)/t16-,17-,18+/m0/s1. The molecule has 0 unspecified atom stereocenters. The molecule has 1 amide bonds. The molecule has 3 atom stereocenters. The van der Waals surface area contributed by atoms with E-state index in [0.29, 0.717) is 25.2 Å². The highest BCUT2D eigenvalue weighted by Crippen LogP contribution is 2.31. The van der Waals surface area contributed by atoms with Crippen LogP contribution >= 0.6 is 0 Å². The summed E-state index contributed by atoms with van der Waals surface area (Å²) >= 11 is 0. The van der Waals surface area contributed by atoms with Crippen LogP contribution in [0, 0.1) is 11.8 Å². The van der Waals surface area contributed by atoms with E-state index in [0.717, 1.165) is 39.1 Å². The molecule has 132 valence electrons. The number of amides is 1. The molecule has 0 saturated carbocycles. The third-order valence-electron chi connectivity index (χ3n) is 5.13. The number of piperidine rings is 1. The van der Waals surface area contributed by atoms with Gasteiger partial charge >= 0.3 is 0 Å². The van der Waals surface area contributed by atoms with E-state index >= 15 is 0 Å². The number of hydrogen-bond donors (Lipinski definition) is 1. The van der Waals surface area contributed by atoms with E-state index in [9.17, 15) is 4.79 Å². The summed E-state index contributed by atoms with van der Waals surface area (Å²) in [5, 5.41) is 2.75. The monoisotopic (exact) mass is 332 g/mol. The van der Waals surface area contributed by atoms with E-state index in [4.69, 9.17) is 9.47 Å². The molecular formula is C19H28N2O3. The largest absolute Gasteiger partial charge is 0.377 e. The van der Waals surface area contributed by atoms with Crippen molar-refractivity contribution in [3.63, 3.8) is 0 Å². The Kier molecular flexibility index (Phi) is 6.24. The lowest BCUT2D eigenvalue weighted by molar-refractivity contribution is -0.138. The number of carbonyl (C=O) groups excluding carboxylic acids is 1. The molecule has 2 heterocycles. The van der Waals surface area contributed by atoms with Gasteiger partial charge in [-0.2, -0.15) is 0 Å². The zero-order valence-electron chi connectivity index (χ0n) is 14.4. The van der Waals surface area contributed by atoms with Crippen molar-refractivity contribution >= 4 is 5.91 Å². The molecule has 5 heteroatoms. The number of hydrogen-bond acceptors (Lipinski definition) is 4. The fourth-order valence-corrected chi connectivity index (χ4v) is 3.75. The molecule has 2 aliphatic rings. The Morgan fingerprint density at radius 1 is 1.38 bits per heavy atom. The van der Waals surface area contributed by atoms with Gasteiger partial charge in [0, 0.05) is 26.7 Å². The molecule has 1 aromatic rings. The highest BCUT2D eigenvalue weighted by molar-refractivity contribution is 5.78. The minimum Gasteiger partial charge on any atom is -0.377 e. The van der Waals surface area contributed by atoms with Crippen LogP contribution in [0.1, 0.15) is 18.4 Å². The van der Waals surface area contributed by atoms with Crippen LogP contribution in [0.3, 0.4) is 0 Å². The molecule has 0 aromatic heterocycles. The number of rotatable bonds is 6. The minimum atomic E-state index is 0.00512. The first-order chi connectivity index (χ1) is 11.8. The van der Waals surface area contributed by atoms with Gasteiger partial charge < -0.3 is 19.7 Å². The molecule has 0 aliphatic carbocycles. The van der Waals surface area contributed by atoms with Gasteiger partial charge in [0.15, 0.2) is 0 Å². The van der Waals surface area contributed by atoms with Crippen molar-refractivity contribution in [2.45, 2.75) is 25.6 Å². The van der Waals surface area contributed by atoms with Crippen molar-refractivity contribution in [1.29, 1.82) is 0 Å². The van der Waals surface area contributed by atoms with Gasteiger partial charge in [-0.05, 0) is 24.3 Å². The van der Waals surface area contributed by atoms with Crippen molar-refractivity contribution in [2.75, 3.05) is 39.9 Å². The van der Waals surface area contributed by atoms with Crippen LogP contribution in [-0.2, 0) is 20.9 Å². The summed E-state index contributed by atoms with van der Waals surface area (Å²) in [6, 6.07) is 10.3. The third-order valence-corrected chi connectivity index (χ3v) is 5.13. The van der Waals surface area contributed by atoms with Crippen LogP contribution < -0.4 is 5.32 Å². The molecule has 1 N–H and O–H groups in total. The quantitative estimate of drug-likeness (QED) is 0.805. The molecule has 0 radical (unpaired) electrons. The number of nitrogens with zero attached hydrogens (tertiary/aromatic N) is 1. The second kappa shape index (κ2) is 8.60. The fourth-order valence-electron chi connectivity index (χ4n) is 3.75. The summed E-state index contributed by atoms with van der Waals surface area (Å²) in [4.78, 5) is 14.3. The molecule has 3 rings (SSSR count). The Morgan fingerprint density at radius 3 is 3.00 bits per heavy atom. The van der Waals surface area contributed by atoms with E-state index in [1.54, 1.807) is 7.05 Å². The van der Waals surface area contributed by atoms with Gasteiger partial charge in [0.25, 0.3) is 0 Å². The first kappa shape index (κ1) is 17.4. The van der Waals surface area contributed by atoms with Gasteiger partial charge in [0.05, 0.1) is 31.8 Å². The predicted molar refractivity (Wildman–Crippen MR) is 92.6 cm³/mol. The lowest BCUT2D eigenvalue weighted by Gasteiger charge is -2.43. The van der Waals surface area contributed by atoms with Crippen molar-refractivity contribution in [3.8, 4) is 0 Å². The Morgan fingerprint density at radius 2 is 2.21 bits per heavy atom. The summed E-state index contributed by atoms with van der Waals surface area (Å²) in [6.07, 6.45) is 2.32. The maximum Gasteiger partial charge on any atom is 0.225 e. The maximum atomic E-state index is 11.8. The SMILES string of the molecule is CNC(=O)[C@@H]1CO[C@@H]2CCN(CCOCc3ccccc3)C[C@@H]2C1. The molecule has 0 spiro atoms. The average Bonchev–Trinajstić information content (AvgIpc) is 2.65. The third kappa shape index (κ3) is 4.56. The molecular weight excluding hydrogens is 304 g/mol. The maximum absolute atomic E-state index is 11.8. The van der Waals surface area contributed by atoms with Crippen LogP contribution in [0.25, 0.3) is 0 Å². The van der Waals surface area contributed by atoms with Crippen LogP contribution in [0.15, 0.2) is 30.3 Å². The fraction of sp³-hybridized carbons (Fsp3) is 0.632. The Balaban J connectivity index is 1.39. The molecule has 2 aliphatic heterocycles. The van der Waals surface area contributed by atoms with Crippen molar-refractivity contribution in [1.82, 2.24) is 10.2 Å². The number of benzene rings is 1. The molecule has 1 aromatic carbocycles. The summed E-state index contributed by atoms with van der Waals surface area (Å²) in [5.41, 5.74) is 1.21. The van der Waals surface area contributed by atoms with Crippen molar-refractivity contribution in [3.05, 3.63) is 35.9 Å². The molecule has 2 saturated heterocycles. The number of ether oxygens (including phenoxy) is 2. The summed E-state index contributed by atoms with van der Waals surface area (Å²) in [5.74, 6) is 0.575. The van der Waals surface area contributed by atoms with Crippen LogP contribution in [0.4, 0.5) is 0 Å². The van der Waals surface area contributed by atoms with Crippen LogP contribution in [0.5, 0.6) is 0 Å². The zero-order valence-corrected chi connectivity index (χ0v) is 14.4. The topological polar surface area (TPSA) is 50.8 Å². The molecule has 0 bridgehead atoms. The van der Waals surface area contributed by atoms with Crippen molar-refractivity contribution in [2.24, 2.45) is 11.8 Å². The lowest BCUT2D eigenvalue weighted by atomic mass is 9.83. The highest BCUT2D eigenvalue weighted by Gasteiger charge is 2.37. The first-order valence-electron chi connectivity index (χ1n) is 8.93. The molecule has 2 fully saturated rings. The van der Waals surface area contributed by atoms with E-state index in [-0.39, 0.29) is 11.8 Å². The van der Waals surface area contributed by atoms with Gasteiger partial charge in [0.1, 0.15) is 0 Å². The lowest BCUT2D eigenvalue weighted by Crippen LogP contribution is -2.50. The van der Waals surface area contributed by atoms with Crippen molar-refractivity contribution < 1.29 is 14.3 Å². The van der Waals surface area contributed by atoms with E-state index < -0.39 is 0 Å². The normalized spacial score (nSPS) is 27.5. The van der Waals surface area contributed by atoms with Gasteiger partial charge in [-0.3, -0.25) is 4.79 Å². The summed E-state index contributed by atoms with van der Waals surface area (Å²) in [6.45, 7) is 4.99. The number of likely N-dealkylation sites (tertiary alicyclic amines) is 1. The van der Waals surface area contributed by atoms with Gasteiger partial charge in [-0.25, -0.2) is 0 Å². The second-order valence-corrected chi connectivity index (χ2v) is 6.81. The summed E-state index contributed by atoms with van der Waals surface area (Å²) in [7, 11) is 1.70. The van der Waals surface area contributed by atoms with E-state index in [1.807, 2.05) is 18.2 Å². The number of fused-ring (bicyclic) bond motifs is 1. The van der Waals surface area contributed by atoms with Crippen LogP contribution in [0.2, 0.25) is 0 Å². The smallest absolute Gasteiger partial charge is 0.225 e. The Bertz CT molecular complexity index is 523. The van der Waals surface area contributed by atoms with Gasteiger partial charge in [0.2, 0.25) is 5.91 Å². The highest BCUT2D eigenvalue weighted by atomic mass is 16.5. The van der Waals surface area contributed by atoms with Gasteiger partial charge in [-0.15, -0.1) is 0 Å². The van der Waals surface area contributed by atoms with Gasteiger partial charge in [-0.1, -0.05) is 30.3 Å². The Hall–Kier alpha value is -1.43. The van der Waals surface area contributed by atoms with Crippen LogP contribution in [-0.4, -0.2) is 56.8 Å². The molecule has 5 nitrogen and oxygen atoms in total. The number of carbonyl (C=O) groups is 1. The zero-order chi connectivity index (χ0) is 16.8. The van der Waals surface area contributed by atoms with E-state index in [1.165, 1.54) is 5.56 Å². The first-order valence-corrected chi connectivity index (χ1v) is 8.93. The average molecular weight is 332 g/mol. The molecule has 24 heavy (non-hydrogen) atoms. The summed E-state index contributed by atoms with van der Waals surface area (Å²) < 4.78 is 11.7. The Labute approximate surface area is 144 Å². The predicted octanol–water partition coefficient (Wildman–Crippen LogP) is 1.68. The number of nitrogens with one attached hydrogen (secondary N) is 1. The van der Waals surface area contributed by atoms with E-state index in [2.05, 4.69) is 22.3 Å².